The molecular weight excluding hydrogens is 409 g/mol. The first-order valence-electron chi connectivity index (χ1n) is 9.03. The van der Waals surface area contributed by atoms with Crippen molar-refractivity contribution >= 4 is 21.7 Å². The number of amides is 2. The average Bonchev–Trinajstić information content (AvgIpc) is 2.66. The van der Waals surface area contributed by atoms with Crippen LogP contribution in [-0.4, -0.2) is 32.0 Å². The molecule has 0 heterocycles. The summed E-state index contributed by atoms with van der Waals surface area (Å²) >= 11 is 0. The van der Waals surface area contributed by atoms with E-state index in [1.807, 2.05) is 0 Å². The molecule has 7 nitrogen and oxygen atoms in total. The Labute approximate surface area is 174 Å². The van der Waals surface area contributed by atoms with Crippen molar-refractivity contribution in [1.82, 2.24) is 5.32 Å². The van der Waals surface area contributed by atoms with Gasteiger partial charge in [0.05, 0.1) is 28.6 Å². The monoisotopic (exact) mass is 431 g/mol. The molecule has 0 aliphatic carbocycles. The molecule has 0 fully saturated rings. The van der Waals surface area contributed by atoms with E-state index in [4.69, 9.17) is 11.0 Å². The van der Waals surface area contributed by atoms with Crippen LogP contribution in [0.1, 0.15) is 20.3 Å². The molecule has 3 N–H and O–H groups in total. The largest absolute Gasteiger partial charge is 0.370 e. The number of sulfone groups is 1. The summed E-state index contributed by atoms with van der Waals surface area (Å²) in [5, 5.41) is 11.4. The van der Waals surface area contributed by atoms with Gasteiger partial charge in [-0.1, -0.05) is 44.2 Å². The van der Waals surface area contributed by atoms with E-state index in [0.29, 0.717) is 11.1 Å². The van der Waals surface area contributed by atoms with Crippen LogP contribution in [0.4, 0.5) is 4.39 Å². The topological polar surface area (TPSA) is 130 Å². The van der Waals surface area contributed by atoms with Crippen LogP contribution in [0, 0.1) is 22.6 Å². The molecule has 9 heteroatoms. The highest BCUT2D eigenvalue weighted by atomic mass is 32.2. The van der Waals surface area contributed by atoms with Gasteiger partial charge in [0.2, 0.25) is 11.8 Å². The molecule has 2 aromatic rings. The predicted octanol–water partition coefficient (Wildman–Crippen LogP) is 2.18. The van der Waals surface area contributed by atoms with E-state index >= 15 is 0 Å². The first kappa shape index (κ1) is 23.0. The summed E-state index contributed by atoms with van der Waals surface area (Å²) in [7, 11) is -3.87. The molecule has 0 aliphatic heterocycles. The van der Waals surface area contributed by atoms with E-state index in [2.05, 4.69) is 5.32 Å². The lowest BCUT2D eigenvalue weighted by Gasteiger charge is -2.24. The molecule has 2 amide bonds. The molecule has 1 atom stereocenters. The van der Waals surface area contributed by atoms with Crippen LogP contribution in [0.5, 0.6) is 0 Å². The van der Waals surface area contributed by atoms with Gasteiger partial charge in [0, 0.05) is 5.56 Å². The average molecular weight is 431 g/mol. The molecule has 0 aliphatic rings. The van der Waals surface area contributed by atoms with Crippen LogP contribution in [0.3, 0.4) is 0 Å². The third-order valence-electron chi connectivity index (χ3n) is 4.43. The van der Waals surface area contributed by atoms with Gasteiger partial charge < -0.3 is 11.1 Å². The number of carbonyl (C=O) groups excluding carboxylic acids is 2. The summed E-state index contributed by atoms with van der Waals surface area (Å²) in [6, 6.07) is 12.5. The van der Waals surface area contributed by atoms with E-state index in [0.717, 1.165) is 0 Å². The third-order valence-corrected chi connectivity index (χ3v) is 6.52. The predicted molar refractivity (Wildman–Crippen MR) is 109 cm³/mol. The zero-order chi connectivity index (χ0) is 22.5. The van der Waals surface area contributed by atoms with Crippen LogP contribution in [0.25, 0.3) is 11.1 Å². The number of nitrogens with zero attached hydrogens (tertiary/aromatic N) is 1. The molecule has 158 valence electrons. The van der Waals surface area contributed by atoms with Gasteiger partial charge in [-0.2, -0.15) is 5.26 Å². The summed E-state index contributed by atoms with van der Waals surface area (Å²) in [5.74, 6) is -2.41. The van der Waals surface area contributed by atoms with Crippen molar-refractivity contribution in [2.45, 2.75) is 31.2 Å². The van der Waals surface area contributed by atoms with Gasteiger partial charge in [0.15, 0.2) is 9.84 Å². The number of benzene rings is 2. The molecule has 0 saturated heterocycles. The zero-order valence-electron chi connectivity index (χ0n) is 16.6. The number of carbonyl (C=O) groups is 2. The fraction of sp³-hybridized carbons (Fsp3) is 0.286. The van der Waals surface area contributed by atoms with Gasteiger partial charge in [-0.15, -0.1) is 0 Å². The third kappa shape index (κ3) is 5.64. The lowest BCUT2D eigenvalue weighted by atomic mass is 9.94. The van der Waals surface area contributed by atoms with Gasteiger partial charge in [0.1, 0.15) is 11.9 Å². The Morgan fingerprint density at radius 2 is 1.77 bits per heavy atom. The van der Waals surface area contributed by atoms with E-state index in [-0.39, 0.29) is 11.3 Å². The fourth-order valence-corrected chi connectivity index (χ4v) is 4.64. The van der Waals surface area contributed by atoms with Crippen molar-refractivity contribution in [2.75, 3.05) is 5.75 Å². The number of halogens is 1. The quantitative estimate of drug-likeness (QED) is 0.662. The number of nitrogens with one attached hydrogen (secondary N) is 1. The molecule has 0 spiro atoms. The molecule has 2 rings (SSSR count). The zero-order valence-corrected chi connectivity index (χ0v) is 17.4. The second-order valence-corrected chi connectivity index (χ2v) is 9.46. The maximum Gasteiger partial charge on any atom is 0.227 e. The number of hydrogen-bond donors (Lipinski definition) is 2. The maximum absolute atomic E-state index is 13.9. The number of nitrogens with two attached hydrogens (primary N) is 1. The van der Waals surface area contributed by atoms with E-state index < -0.39 is 44.7 Å². The van der Waals surface area contributed by atoms with Crippen molar-refractivity contribution in [1.29, 1.82) is 5.26 Å². The molecular formula is C21H22FN3O4S. The Kier molecular flexibility index (Phi) is 6.95. The number of primary amides is 1. The Bertz CT molecular complexity index is 1090. The molecule has 0 radical (unpaired) electrons. The minimum Gasteiger partial charge on any atom is -0.370 e. The van der Waals surface area contributed by atoms with Crippen molar-refractivity contribution in [3.8, 4) is 17.2 Å². The molecule has 30 heavy (non-hydrogen) atoms. The van der Waals surface area contributed by atoms with Crippen molar-refractivity contribution in [2.24, 2.45) is 11.1 Å². The molecule has 0 bridgehead atoms. The SMILES string of the molecule is CC(C)(CS(=O)(=O)c1ccc(-c2ccccc2F)cc1)C(=O)N[C@H](C#N)CC(N)=O. The van der Waals surface area contributed by atoms with E-state index in [9.17, 15) is 22.4 Å². The summed E-state index contributed by atoms with van der Waals surface area (Å²) in [5.41, 5.74) is 4.52. The first-order valence-corrected chi connectivity index (χ1v) is 10.7. The van der Waals surface area contributed by atoms with Crippen LogP contribution >= 0.6 is 0 Å². The summed E-state index contributed by atoms with van der Waals surface area (Å²) < 4.78 is 39.5. The Morgan fingerprint density at radius 3 is 2.30 bits per heavy atom. The van der Waals surface area contributed by atoms with Crippen LogP contribution in [0.2, 0.25) is 0 Å². The lowest BCUT2D eigenvalue weighted by molar-refractivity contribution is -0.129. The Morgan fingerprint density at radius 1 is 1.17 bits per heavy atom. The van der Waals surface area contributed by atoms with Crippen molar-refractivity contribution in [3.05, 3.63) is 54.3 Å². The van der Waals surface area contributed by atoms with Crippen LogP contribution in [0.15, 0.2) is 53.4 Å². The minimum atomic E-state index is -3.87. The smallest absolute Gasteiger partial charge is 0.227 e. The highest BCUT2D eigenvalue weighted by molar-refractivity contribution is 7.91. The minimum absolute atomic E-state index is 0.0163. The van der Waals surface area contributed by atoms with Gasteiger partial charge in [-0.3, -0.25) is 9.59 Å². The van der Waals surface area contributed by atoms with Crippen molar-refractivity contribution < 1.29 is 22.4 Å². The van der Waals surface area contributed by atoms with Gasteiger partial charge in [-0.25, -0.2) is 12.8 Å². The number of rotatable bonds is 8. The van der Waals surface area contributed by atoms with E-state index in [1.165, 1.54) is 44.2 Å². The Balaban J connectivity index is 2.18. The molecule has 0 aromatic heterocycles. The maximum atomic E-state index is 13.9. The van der Waals surface area contributed by atoms with Gasteiger partial charge >= 0.3 is 0 Å². The van der Waals surface area contributed by atoms with Crippen LogP contribution in [-0.2, 0) is 19.4 Å². The summed E-state index contributed by atoms with van der Waals surface area (Å²) in [6.07, 6.45) is -0.372. The molecule has 2 aromatic carbocycles. The number of hydrogen-bond acceptors (Lipinski definition) is 5. The van der Waals surface area contributed by atoms with Gasteiger partial charge in [0.25, 0.3) is 0 Å². The molecule has 0 unspecified atom stereocenters. The van der Waals surface area contributed by atoms with E-state index in [1.54, 1.807) is 24.3 Å². The lowest BCUT2D eigenvalue weighted by Crippen LogP contribution is -2.46. The second-order valence-electron chi connectivity index (χ2n) is 7.47. The van der Waals surface area contributed by atoms with Crippen molar-refractivity contribution in [3.63, 3.8) is 0 Å². The fourth-order valence-electron chi connectivity index (χ4n) is 2.84. The highest BCUT2D eigenvalue weighted by Crippen LogP contribution is 2.27. The Hall–Kier alpha value is -3.25. The molecule has 0 saturated carbocycles. The standard InChI is InChI=1S/C21H22FN3O4S/c1-21(2,20(27)25-15(12-23)11-19(24)26)13-30(28,29)16-9-7-14(8-10-16)17-5-3-4-6-18(17)22/h3-10,15H,11,13H2,1-2H3,(H2,24,26)(H,25,27)/t15-/m0/s1. The summed E-state index contributed by atoms with van der Waals surface area (Å²) in [6.45, 7) is 2.85. The highest BCUT2D eigenvalue weighted by Gasteiger charge is 2.35. The second kappa shape index (κ2) is 9.05. The normalized spacial score (nSPS) is 12.6. The summed E-state index contributed by atoms with van der Waals surface area (Å²) in [4.78, 5) is 23.4. The first-order chi connectivity index (χ1) is 14.0. The number of nitriles is 1. The van der Waals surface area contributed by atoms with Crippen LogP contribution < -0.4 is 11.1 Å². The van der Waals surface area contributed by atoms with Gasteiger partial charge in [-0.05, 0) is 23.8 Å².